The topological polar surface area (TPSA) is 96.9 Å². The lowest BCUT2D eigenvalue weighted by atomic mass is 10.1. The first-order valence-corrected chi connectivity index (χ1v) is 10.1. The molecule has 3 aromatic rings. The van der Waals surface area contributed by atoms with Gasteiger partial charge in [0.25, 0.3) is 0 Å². The second kappa shape index (κ2) is 10.9. The molecule has 0 radical (unpaired) electrons. The summed E-state index contributed by atoms with van der Waals surface area (Å²) in [4.78, 5) is 36.4. The van der Waals surface area contributed by atoms with Crippen LogP contribution >= 0.6 is 11.6 Å². The molecule has 0 aliphatic heterocycles. The minimum Gasteiger partial charge on any atom is -0.422 e. The molecule has 0 fully saturated rings. The average Bonchev–Trinajstić information content (AvgIpc) is 2.81. The van der Waals surface area contributed by atoms with Gasteiger partial charge in [-0.1, -0.05) is 42.8 Å². The average molecular weight is 450 g/mol. The van der Waals surface area contributed by atoms with Crippen LogP contribution < -0.4 is 15.5 Å². The maximum absolute atomic E-state index is 12.3. The third-order valence-electron chi connectivity index (χ3n) is 4.40. The van der Waals surface area contributed by atoms with E-state index in [4.69, 9.17) is 16.3 Å². The maximum Gasteiger partial charge on any atom is 0.343 e. The Morgan fingerprint density at radius 3 is 2.31 bits per heavy atom. The van der Waals surface area contributed by atoms with Crippen LogP contribution in [0.25, 0.3) is 0 Å². The van der Waals surface area contributed by atoms with Crippen molar-refractivity contribution in [2.45, 2.75) is 13.3 Å². The third kappa shape index (κ3) is 6.26. The molecule has 3 aromatic carbocycles. The predicted molar refractivity (Wildman–Crippen MR) is 123 cm³/mol. The lowest BCUT2D eigenvalue weighted by Crippen LogP contribution is -2.32. The molecule has 0 atom stereocenters. The Labute approximate surface area is 190 Å². The van der Waals surface area contributed by atoms with E-state index in [2.05, 4.69) is 15.8 Å². The highest BCUT2D eigenvalue weighted by atomic mass is 35.5. The Morgan fingerprint density at radius 2 is 1.62 bits per heavy atom. The third-order valence-corrected chi connectivity index (χ3v) is 4.65. The molecular weight excluding hydrogens is 430 g/mol. The van der Waals surface area contributed by atoms with Gasteiger partial charge in [0.15, 0.2) is 0 Å². The van der Waals surface area contributed by atoms with Crippen LogP contribution in [0.2, 0.25) is 5.02 Å². The standard InChI is InChI=1S/C24H20ClN3O4/c1-2-16-7-13-20(14-8-16)27-22(29)23(30)28-26-15-18-5-3-4-6-21(18)32-24(31)17-9-11-19(25)12-10-17/h3-15H,2H2,1H3,(H,27,29)(H,28,30)/b26-15-. The van der Waals surface area contributed by atoms with E-state index in [1.165, 1.54) is 6.21 Å². The van der Waals surface area contributed by atoms with Gasteiger partial charge in [0.2, 0.25) is 0 Å². The first kappa shape index (κ1) is 22.7. The van der Waals surface area contributed by atoms with Crippen LogP contribution in [0.4, 0.5) is 5.69 Å². The van der Waals surface area contributed by atoms with E-state index in [1.54, 1.807) is 60.7 Å². The Hall–Kier alpha value is -3.97. The normalized spacial score (nSPS) is 10.6. The maximum atomic E-state index is 12.3. The van der Waals surface area contributed by atoms with E-state index < -0.39 is 17.8 Å². The van der Waals surface area contributed by atoms with Crippen molar-refractivity contribution in [3.05, 3.63) is 94.5 Å². The number of aryl methyl sites for hydroxylation is 1. The van der Waals surface area contributed by atoms with E-state index in [0.717, 1.165) is 12.0 Å². The molecule has 162 valence electrons. The molecule has 8 heteroatoms. The largest absolute Gasteiger partial charge is 0.422 e. The summed E-state index contributed by atoms with van der Waals surface area (Å²) < 4.78 is 5.41. The number of para-hydroxylation sites is 1. The Kier molecular flexibility index (Phi) is 7.72. The molecule has 0 aliphatic carbocycles. The van der Waals surface area contributed by atoms with E-state index >= 15 is 0 Å². The first-order valence-electron chi connectivity index (χ1n) is 9.76. The van der Waals surface area contributed by atoms with E-state index in [-0.39, 0.29) is 5.75 Å². The molecule has 7 nitrogen and oxygen atoms in total. The molecule has 0 heterocycles. The molecule has 2 N–H and O–H groups in total. The van der Waals surface area contributed by atoms with Crippen molar-refractivity contribution in [1.29, 1.82) is 0 Å². The van der Waals surface area contributed by atoms with Gasteiger partial charge in [0.1, 0.15) is 5.75 Å². The number of nitrogens with one attached hydrogen (secondary N) is 2. The van der Waals surface area contributed by atoms with Crippen LogP contribution in [-0.2, 0) is 16.0 Å². The quantitative estimate of drug-likeness (QED) is 0.194. The van der Waals surface area contributed by atoms with E-state index in [0.29, 0.717) is 21.8 Å². The number of ether oxygens (including phenoxy) is 1. The van der Waals surface area contributed by atoms with Gasteiger partial charge < -0.3 is 10.1 Å². The Morgan fingerprint density at radius 1 is 0.938 bits per heavy atom. The number of hydrogen-bond donors (Lipinski definition) is 2. The predicted octanol–water partition coefficient (Wildman–Crippen LogP) is 4.21. The summed E-state index contributed by atoms with van der Waals surface area (Å²) in [6.07, 6.45) is 2.16. The van der Waals surface area contributed by atoms with Crippen molar-refractivity contribution in [3.8, 4) is 5.75 Å². The van der Waals surface area contributed by atoms with E-state index in [1.807, 2.05) is 19.1 Å². The molecule has 0 bridgehead atoms. The summed E-state index contributed by atoms with van der Waals surface area (Å²) in [5.74, 6) is -2.11. The van der Waals surface area contributed by atoms with Crippen LogP contribution in [0.3, 0.4) is 0 Å². The van der Waals surface area contributed by atoms with Crippen molar-refractivity contribution in [2.24, 2.45) is 5.10 Å². The van der Waals surface area contributed by atoms with Gasteiger partial charge in [-0.2, -0.15) is 5.10 Å². The van der Waals surface area contributed by atoms with Gasteiger partial charge in [-0.05, 0) is 60.5 Å². The van der Waals surface area contributed by atoms with Gasteiger partial charge in [0, 0.05) is 16.3 Å². The van der Waals surface area contributed by atoms with Gasteiger partial charge in [-0.15, -0.1) is 0 Å². The minimum atomic E-state index is -0.934. The highest BCUT2D eigenvalue weighted by molar-refractivity contribution is 6.39. The van der Waals surface area contributed by atoms with Gasteiger partial charge in [-0.3, -0.25) is 9.59 Å². The number of halogens is 1. The van der Waals surface area contributed by atoms with Crippen LogP contribution in [0.5, 0.6) is 5.75 Å². The number of hydrogen-bond acceptors (Lipinski definition) is 5. The van der Waals surface area contributed by atoms with E-state index in [9.17, 15) is 14.4 Å². The summed E-state index contributed by atoms with van der Waals surface area (Å²) in [5.41, 5.74) is 4.55. The summed E-state index contributed by atoms with van der Waals surface area (Å²) >= 11 is 5.83. The van der Waals surface area contributed by atoms with Crippen molar-refractivity contribution in [2.75, 3.05) is 5.32 Å². The fourth-order valence-electron chi connectivity index (χ4n) is 2.65. The lowest BCUT2D eigenvalue weighted by Gasteiger charge is -2.07. The molecular formula is C24H20ClN3O4. The number of rotatable bonds is 6. The summed E-state index contributed by atoms with van der Waals surface area (Å²) in [7, 11) is 0. The molecule has 0 aromatic heterocycles. The number of carbonyl (C=O) groups excluding carboxylic acids is 3. The highest BCUT2D eigenvalue weighted by Crippen LogP contribution is 2.18. The molecule has 0 saturated heterocycles. The monoisotopic (exact) mass is 449 g/mol. The number of nitrogens with zero attached hydrogens (tertiary/aromatic N) is 1. The van der Waals surface area contributed by atoms with Crippen molar-refractivity contribution < 1.29 is 19.1 Å². The number of esters is 1. The molecule has 0 saturated carbocycles. The van der Waals surface area contributed by atoms with Crippen LogP contribution in [0.15, 0.2) is 77.9 Å². The molecule has 3 rings (SSSR count). The van der Waals surface area contributed by atoms with Gasteiger partial charge in [0.05, 0.1) is 11.8 Å². The summed E-state index contributed by atoms with van der Waals surface area (Å²) in [5, 5.41) is 6.79. The zero-order chi connectivity index (χ0) is 22.9. The van der Waals surface area contributed by atoms with Crippen molar-refractivity contribution >= 4 is 41.3 Å². The fourth-order valence-corrected chi connectivity index (χ4v) is 2.77. The van der Waals surface area contributed by atoms with Crippen molar-refractivity contribution in [3.63, 3.8) is 0 Å². The smallest absolute Gasteiger partial charge is 0.343 e. The molecule has 0 aliphatic rings. The first-order chi connectivity index (χ1) is 15.5. The SMILES string of the molecule is CCc1ccc(NC(=O)C(=O)N/N=C\c2ccccc2OC(=O)c2ccc(Cl)cc2)cc1. The van der Waals surface area contributed by atoms with Crippen LogP contribution in [-0.4, -0.2) is 24.0 Å². The zero-order valence-electron chi connectivity index (χ0n) is 17.2. The second-order valence-electron chi connectivity index (χ2n) is 6.64. The van der Waals surface area contributed by atoms with Gasteiger partial charge in [-0.25, -0.2) is 10.2 Å². The Bertz CT molecular complexity index is 1140. The van der Waals surface area contributed by atoms with Crippen LogP contribution in [0.1, 0.15) is 28.4 Å². The lowest BCUT2D eigenvalue weighted by molar-refractivity contribution is -0.136. The second-order valence-corrected chi connectivity index (χ2v) is 7.07. The summed E-state index contributed by atoms with van der Waals surface area (Å²) in [6.45, 7) is 2.02. The number of carbonyl (C=O) groups is 3. The van der Waals surface area contributed by atoms with Crippen LogP contribution in [0, 0.1) is 0 Å². The molecule has 0 unspecified atom stereocenters. The number of amides is 2. The number of benzene rings is 3. The fraction of sp³-hybridized carbons (Fsp3) is 0.0833. The highest BCUT2D eigenvalue weighted by Gasteiger charge is 2.14. The molecule has 0 spiro atoms. The van der Waals surface area contributed by atoms with Gasteiger partial charge >= 0.3 is 17.8 Å². The minimum absolute atomic E-state index is 0.242. The number of hydrazone groups is 1. The number of anilines is 1. The zero-order valence-corrected chi connectivity index (χ0v) is 17.9. The molecule has 2 amide bonds. The molecule has 32 heavy (non-hydrogen) atoms. The summed E-state index contributed by atoms with van der Waals surface area (Å²) in [6, 6.07) is 20.1. The van der Waals surface area contributed by atoms with Crippen molar-refractivity contribution in [1.82, 2.24) is 5.43 Å². The Balaban J connectivity index is 1.60.